The highest BCUT2D eigenvalue weighted by Gasteiger charge is 2.31. The molecule has 1 fully saturated rings. The van der Waals surface area contributed by atoms with Gasteiger partial charge in [-0.15, -0.1) is 0 Å². The summed E-state index contributed by atoms with van der Waals surface area (Å²) in [5, 5.41) is 8.39. The zero-order valence-electron chi connectivity index (χ0n) is 21.4. The van der Waals surface area contributed by atoms with Crippen molar-refractivity contribution >= 4 is 39.1 Å². The quantitative estimate of drug-likeness (QED) is 0.226. The van der Waals surface area contributed by atoms with Crippen molar-refractivity contribution in [3.8, 4) is 11.1 Å². The Morgan fingerprint density at radius 2 is 1.95 bits per heavy atom. The van der Waals surface area contributed by atoms with Crippen molar-refractivity contribution in [1.29, 1.82) is 0 Å². The Kier molecular flexibility index (Phi) is 8.37. The number of amides is 2. The van der Waals surface area contributed by atoms with E-state index in [0.29, 0.717) is 52.1 Å². The minimum Gasteiger partial charge on any atom is -0.372 e. The van der Waals surface area contributed by atoms with Gasteiger partial charge in [-0.25, -0.2) is 4.98 Å². The summed E-state index contributed by atoms with van der Waals surface area (Å²) in [6.07, 6.45) is 2.34. The van der Waals surface area contributed by atoms with Gasteiger partial charge in [0.2, 0.25) is 5.91 Å². The fourth-order valence-corrected chi connectivity index (χ4v) is 6.36. The zero-order valence-corrected chi connectivity index (χ0v) is 22.2. The molecule has 0 bridgehead atoms. The van der Waals surface area contributed by atoms with Gasteiger partial charge in [0, 0.05) is 59.4 Å². The normalized spacial score (nSPS) is 18.6. The van der Waals surface area contributed by atoms with Crippen LogP contribution in [0.5, 0.6) is 0 Å². The van der Waals surface area contributed by atoms with Gasteiger partial charge < -0.3 is 20.9 Å². The van der Waals surface area contributed by atoms with E-state index in [2.05, 4.69) is 25.6 Å². The Balaban J connectivity index is 1.50. The first-order chi connectivity index (χ1) is 18.3. The van der Waals surface area contributed by atoms with Crippen LogP contribution in [0.25, 0.3) is 22.2 Å². The second-order valence-electron chi connectivity index (χ2n) is 10.0. The van der Waals surface area contributed by atoms with Gasteiger partial charge in [0.1, 0.15) is 18.2 Å². The number of hydrogen-bond donors (Lipinski definition) is 6. The number of nitrogens with one attached hydrogen (secondary N) is 4. The summed E-state index contributed by atoms with van der Waals surface area (Å²) in [7, 11) is -2.54. The predicted octanol–water partition coefficient (Wildman–Crippen LogP) is 4.24. The van der Waals surface area contributed by atoms with E-state index in [-0.39, 0.29) is 23.5 Å². The number of carbonyl (C=O) groups is 2. The number of pyridine rings is 2. The zero-order chi connectivity index (χ0) is 28.4. The molecule has 1 saturated heterocycles. The summed E-state index contributed by atoms with van der Waals surface area (Å²) >= 11 is 0. The molecule has 0 aliphatic carbocycles. The number of aromatic amines is 1. The van der Waals surface area contributed by atoms with Crippen LogP contribution in [0, 0.1) is 11.8 Å². The molecule has 10 nitrogen and oxygen atoms in total. The third kappa shape index (κ3) is 7.40. The van der Waals surface area contributed by atoms with Crippen molar-refractivity contribution in [2.75, 3.05) is 29.9 Å². The first-order valence-corrected chi connectivity index (χ1v) is 14.2. The van der Waals surface area contributed by atoms with Crippen LogP contribution in [0.4, 0.5) is 18.9 Å². The average molecular weight is 569 g/mol. The van der Waals surface area contributed by atoms with Crippen LogP contribution in [0.15, 0.2) is 36.9 Å². The Bertz CT molecular complexity index is 1350. The van der Waals surface area contributed by atoms with Gasteiger partial charge in [0.05, 0.1) is 11.3 Å². The summed E-state index contributed by atoms with van der Waals surface area (Å²) in [6, 6.07) is 2.48. The standard InChI is InChI=1S/C25H31F3N6O4S/c1-14(2)21(24(36)33-13-25(26,27)28)34-18-5-16(8-29-10-18)20-11-31-22-19(20)6-17(9-30-22)23(35)32-7-15-3-4-39(37,38)12-15/h5-6,8-11,14-15,21,34,37-38H,3-4,7,12-13H2,1-2H3,(H,30,31)(H,32,35)(H,33,36)/t15?,21-/m1/s1. The lowest BCUT2D eigenvalue weighted by Gasteiger charge is -2.26. The van der Waals surface area contributed by atoms with E-state index in [4.69, 9.17) is 0 Å². The fraction of sp³-hybridized carbons (Fsp3) is 0.440. The van der Waals surface area contributed by atoms with E-state index in [9.17, 15) is 31.9 Å². The Morgan fingerprint density at radius 3 is 2.62 bits per heavy atom. The van der Waals surface area contributed by atoms with Gasteiger partial charge >= 0.3 is 6.18 Å². The number of alkyl halides is 3. The molecule has 0 radical (unpaired) electrons. The van der Waals surface area contributed by atoms with Crippen LogP contribution in [0.3, 0.4) is 0 Å². The smallest absolute Gasteiger partial charge is 0.372 e. The van der Waals surface area contributed by atoms with E-state index in [1.165, 1.54) is 12.4 Å². The van der Waals surface area contributed by atoms with Crippen molar-refractivity contribution in [2.45, 2.75) is 32.5 Å². The van der Waals surface area contributed by atoms with E-state index in [1.807, 2.05) is 5.32 Å². The summed E-state index contributed by atoms with van der Waals surface area (Å²) < 4.78 is 57.3. The molecule has 0 saturated carbocycles. The SMILES string of the molecule is CC(C)[C@@H](Nc1cncc(-c2c[nH]c3ncc(C(=O)NCC4CCS(O)(O)C4)cc23)c1)C(=O)NCC(F)(F)F. The topological polar surface area (TPSA) is 152 Å². The van der Waals surface area contributed by atoms with E-state index in [1.54, 1.807) is 38.4 Å². The Morgan fingerprint density at radius 1 is 1.18 bits per heavy atom. The van der Waals surface area contributed by atoms with Gasteiger partial charge in [-0.05, 0) is 30.4 Å². The monoisotopic (exact) mass is 568 g/mol. The molecule has 3 aromatic heterocycles. The number of fused-ring (bicyclic) bond motifs is 1. The van der Waals surface area contributed by atoms with Crippen molar-refractivity contribution < 1.29 is 31.9 Å². The number of hydrogen-bond acceptors (Lipinski definition) is 7. The van der Waals surface area contributed by atoms with Crippen LogP contribution in [-0.4, -0.2) is 72.7 Å². The highest BCUT2D eigenvalue weighted by Crippen LogP contribution is 2.48. The largest absolute Gasteiger partial charge is 0.405 e. The second-order valence-corrected chi connectivity index (χ2v) is 12.4. The third-order valence-corrected chi connectivity index (χ3v) is 8.38. The van der Waals surface area contributed by atoms with Gasteiger partial charge in [-0.3, -0.25) is 23.7 Å². The van der Waals surface area contributed by atoms with E-state index >= 15 is 0 Å². The highest BCUT2D eigenvalue weighted by molar-refractivity contribution is 8.24. The minimum absolute atomic E-state index is 0.00461. The molecule has 2 amide bonds. The summed E-state index contributed by atoms with van der Waals surface area (Å²) in [4.78, 5) is 36.8. The summed E-state index contributed by atoms with van der Waals surface area (Å²) in [5.41, 5.74) is 2.63. The van der Waals surface area contributed by atoms with Crippen LogP contribution in [-0.2, 0) is 4.79 Å². The molecular weight excluding hydrogens is 537 g/mol. The highest BCUT2D eigenvalue weighted by atomic mass is 32.3. The summed E-state index contributed by atoms with van der Waals surface area (Å²) in [6.45, 7) is 2.35. The van der Waals surface area contributed by atoms with E-state index < -0.39 is 35.3 Å². The van der Waals surface area contributed by atoms with Gasteiger partial charge in [-0.2, -0.15) is 23.8 Å². The molecule has 1 unspecified atom stereocenters. The summed E-state index contributed by atoms with van der Waals surface area (Å²) in [5.74, 6) is -0.778. The van der Waals surface area contributed by atoms with Crippen molar-refractivity contribution in [3.63, 3.8) is 0 Å². The molecule has 6 N–H and O–H groups in total. The number of halogens is 3. The maximum Gasteiger partial charge on any atom is 0.405 e. The minimum atomic E-state index is -4.51. The van der Waals surface area contributed by atoms with Crippen LogP contribution < -0.4 is 16.0 Å². The number of aromatic nitrogens is 3. The fourth-order valence-electron chi connectivity index (χ4n) is 4.44. The molecule has 1 aliphatic heterocycles. The molecule has 2 atom stereocenters. The van der Waals surface area contributed by atoms with Crippen molar-refractivity contribution in [1.82, 2.24) is 25.6 Å². The molecule has 4 rings (SSSR count). The van der Waals surface area contributed by atoms with Crippen molar-refractivity contribution in [3.05, 3.63) is 42.5 Å². The van der Waals surface area contributed by atoms with Crippen LogP contribution in [0.1, 0.15) is 30.6 Å². The van der Waals surface area contributed by atoms with Gasteiger partial charge in [-0.1, -0.05) is 13.8 Å². The lowest BCUT2D eigenvalue weighted by molar-refractivity contribution is -0.139. The third-order valence-electron chi connectivity index (χ3n) is 6.48. The molecule has 0 spiro atoms. The molecule has 39 heavy (non-hydrogen) atoms. The molecular formula is C25H31F3N6O4S. The Hall–Kier alpha value is -3.36. The van der Waals surface area contributed by atoms with E-state index in [0.717, 1.165) is 0 Å². The number of rotatable bonds is 9. The maximum atomic E-state index is 12.8. The number of H-pyrrole nitrogens is 1. The average Bonchev–Trinajstić information content (AvgIpc) is 3.45. The molecule has 0 aromatic carbocycles. The number of nitrogens with zero attached hydrogens (tertiary/aromatic N) is 2. The van der Waals surface area contributed by atoms with Crippen molar-refractivity contribution in [2.24, 2.45) is 11.8 Å². The first kappa shape index (κ1) is 28.6. The molecule has 4 heterocycles. The lowest BCUT2D eigenvalue weighted by atomic mass is 10.0. The first-order valence-electron chi connectivity index (χ1n) is 12.4. The predicted molar refractivity (Wildman–Crippen MR) is 144 cm³/mol. The van der Waals surface area contributed by atoms with Crippen LogP contribution in [0.2, 0.25) is 0 Å². The van der Waals surface area contributed by atoms with Crippen LogP contribution >= 0.6 is 10.6 Å². The number of anilines is 1. The Labute approximate surface area is 224 Å². The van der Waals surface area contributed by atoms with Gasteiger partial charge in [0.15, 0.2) is 0 Å². The second kappa shape index (κ2) is 11.4. The van der Waals surface area contributed by atoms with Gasteiger partial charge in [0.25, 0.3) is 5.91 Å². The maximum absolute atomic E-state index is 12.8. The number of carbonyl (C=O) groups excluding carboxylic acids is 2. The molecule has 1 aliphatic rings. The molecule has 3 aromatic rings. The molecule has 14 heteroatoms. The lowest BCUT2D eigenvalue weighted by Crippen LogP contribution is -2.46. The molecule has 212 valence electrons.